The molecule has 4 atom stereocenters. The molecule has 0 aromatic carbocycles. The van der Waals surface area contributed by atoms with E-state index >= 15 is 0 Å². The predicted molar refractivity (Wildman–Crippen MR) is 101 cm³/mol. The van der Waals surface area contributed by atoms with Gasteiger partial charge in [-0.1, -0.05) is 0 Å². The highest BCUT2D eigenvalue weighted by molar-refractivity contribution is 7.99. The molecule has 4 N–H and O–H groups in total. The van der Waals surface area contributed by atoms with Crippen LogP contribution in [0.2, 0.25) is 0 Å². The fraction of sp³-hybridized carbons (Fsp3) is 0.421. The fourth-order valence-electron chi connectivity index (χ4n) is 3.99. The molecule has 29 heavy (non-hydrogen) atoms. The van der Waals surface area contributed by atoms with Gasteiger partial charge < -0.3 is 20.8 Å². The molecule has 9 nitrogen and oxygen atoms in total. The lowest BCUT2D eigenvalue weighted by molar-refractivity contribution is -0.684. The molecule has 2 aliphatic heterocycles. The Hall–Kier alpha value is -2.90. The minimum absolute atomic E-state index is 0.0585. The number of carbonyl (C=O) groups excluding carboxylic acids is 2. The molecule has 3 rings (SSSR count). The van der Waals surface area contributed by atoms with E-state index in [0.717, 1.165) is 4.90 Å². The number of aromatic nitrogens is 1. The van der Waals surface area contributed by atoms with Crippen LogP contribution in [0.1, 0.15) is 13.3 Å². The van der Waals surface area contributed by atoms with E-state index in [1.807, 2.05) is 0 Å². The average molecular weight is 417 g/mol. The molecular weight excluding hydrogens is 396 g/mol. The first kappa shape index (κ1) is 20.8. The number of fused-ring (bicyclic) bond motifs is 1. The number of nitriles is 1. The summed E-state index contributed by atoms with van der Waals surface area (Å²) in [7, 11) is 0. The summed E-state index contributed by atoms with van der Waals surface area (Å²) in [5, 5.41) is 28.9. The van der Waals surface area contributed by atoms with Crippen molar-refractivity contribution >= 4 is 29.5 Å². The van der Waals surface area contributed by atoms with Crippen LogP contribution in [0.3, 0.4) is 0 Å². The second-order valence-electron chi connectivity index (χ2n) is 7.07. The topological polar surface area (TPSA) is 149 Å². The quantitative estimate of drug-likeness (QED) is 0.297. The third-order valence-electron chi connectivity index (χ3n) is 5.22. The highest BCUT2D eigenvalue weighted by Gasteiger charge is 2.60. The molecule has 1 saturated heterocycles. The molecule has 3 heterocycles. The number of nitrogens with two attached hydrogens (primary N) is 1. The molecule has 1 aromatic rings. The predicted octanol–water partition coefficient (Wildman–Crippen LogP) is -0.359. The van der Waals surface area contributed by atoms with Gasteiger partial charge in [-0.2, -0.15) is 9.83 Å². The van der Waals surface area contributed by atoms with Crippen molar-refractivity contribution in [1.29, 1.82) is 5.26 Å². The van der Waals surface area contributed by atoms with E-state index in [0.29, 0.717) is 11.3 Å². The van der Waals surface area contributed by atoms with E-state index in [1.54, 1.807) is 29.1 Å². The number of aliphatic hydroxyl groups excluding tert-OH is 1. The largest absolute Gasteiger partial charge is 0.477 e. The van der Waals surface area contributed by atoms with Crippen molar-refractivity contribution in [3.05, 3.63) is 35.8 Å². The van der Waals surface area contributed by atoms with Crippen LogP contribution in [0.4, 0.5) is 0 Å². The average Bonchev–Trinajstić information content (AvgIpc) is 2.91. The zero-order chi connectivity index (χ0) is 21.3. The van der Waals surface area contributed by atoms with Crippen LogP contribution in [0.15, 0.2) is 40.7 Å². The number of aliphatic hydroxyl groups is 1. The lowest BCUT2D eigenvalue weighted by Gasteiger charge is -2.46. The monoisotopic (exact) mass is 417 g/mol. The second kappa shape index (κ2) is 8.23. The summed E-state index contributed by atoms with van der Waals surface area (Å²) in [6.45, 7) is 1.56. The van der Waals surface area contributed by atoms with E-state index in [9.17, 15) is 29.9 Å². The summed E-state index contributed by atoms with van der Waals surface area (Å²) in [4.78, 5) is 37.4. The summed E-state index contributed by atoms with van der Waals surface area (Å²) in [6.07, 6.45) is 2.54. The Bertz CT molecular complexity index is 922. The number of carboxylic acids is 1. The van der Waals surface area contributed by atoms with Gasteiger partial charge in [-0.15, -0.1) is 11.8 Å². The Morgan fingerprint density at radius 3 is 2.59 bits per heavy atom. The first-order valence-electron chi connectivity index (χ1n) is 9.00. The van der Waals surface area contributed by atoms with Gasteiger partial charge in [0.15, 0.2) is 12.4 Å². The van der Waals surface area contributed by atoms with Crippen molar-refractivity contribution in [2.24, 2.45) is 17.6 Å². The molecule has 0 spiro atoms. The molecule has 0 saturated carbocycles. The summed E-state index contributed by atoms with van der Waals surface area (Å²) < 4.78 is 1.63. The zero-order valence-corrected chi connectivity index (χ0v) is 16.5. The second-order valence-corrected chi connectivity index (χ2v) is 8.12. The summed E-state index contributed by atoms with van der Waals surface area (Å²) in [5.74, 6) is -2.93. The molecule has 2 aliphatic rings. The molecule has 0 radical (unpaired) electrons. The first-order chi connectivity index (χ1) is 13.8. The molecule has 2 amide bonds. The van der Waals surface area contributed by atoms with Crippen LogP contribution in [0, 0.1) is 23.2 Å². The van der Waals surface area contributed by atoms with E-state index in [2.05, 4.69) is 6.07 Å². The Morgan fingerprint density at radius 1 is 1.41 bits per heavy atom. The van der Waals surface area contributed by atoms with Crippen LogP contribution in [0.25, 0.3) is 0 Å². The molecule has 152 valence electrons. The third-order valence-corrected chi connectivity index (χ3v) is 6.28. The van der Waals surface area contributed by atoms with Gasteiger partial charge in [0.2, 0.25) is 12.5 Å². The molecule has 0 bridgehead atoms. The minimum atomic E-state index is -1.21. The summed E-state index contributed by atoms with van der Waals surface area (Å²) in [6, 6.07) is 5.14. The van der Waals surface area contributed by atoms with Crippen LogP contribution >= 0.6 is 11.8 Å². The maximum atomic E-state index is 12.4. The number of aliphatic carboxylic acids is 1. The molecular formula is C19H21N4O5S+. The van der Waals surface area contributed by atoms with Crippen LogP contribution in [-0.2, 0) is 20.9 Å². The van der Waals surface area contributed by atoms with Gasteiger partial charge in [-0.05, 0) is 12.5 Å². The van der Waals surface area contributed by atoms with Crippen molar-refractivity contribution in [2.75, 3.05) is 5.75 Å². The van der Waals surface area contributed by atoms with Crippen molar-refractivity contribution in [2.45, 2.75) is 36.9 Å². The number of carbonyl (C=O) groups is 3. The van der Waals surface area contributed by atoms with Crippen molar-refractivity contribution < 1.29 is 29.2 Å². The maximum Gasteiger partial charge on any atom is 0.352 e. The standard InChI is InChI=1S/C19H20N4O5S/c1-10(24)15-16-12(2-5-20)13(17(19(27)28)23(16)18(15)26)9-29-11-3-6-22(7-4-11)8-14(21)25/h3-4,6-7,10,12,15-16,24H,2,8-9H2,1H3,(H2-,21,25,27,28)/p+1/t10-,12+,15-,16-/m1/s1. The van der Waals surface area contributed by atoms with Gasteiger partial charge >= 0.3 is 5.97 Å². The lowest BCUT2D eigenvalue weighted by Crippen LogP contribution is -2.63. The number of hydrogen-bond donors (Lipinski definition) is 3. The number of thioether (sulfide) groups is 1. The van der Waals surface area contributed by atoms with Crippen molar-refractivity contribution in [3.8, 4) is 6.07 Å². The molecule has 1 fully saturated rings. The number of nitrogens with zero attached hydrogens (tertiary/aromatic N) is 3. The molecule has 0 unspecified atom stereocenters. The third kappa shape index (κ3) is 3.83. The van der Waals surface area contributed by atoms with Gasteiger partial charge in [-0.3, -0.25) is 9.59 Å². The number of rotatable bonds is 8. The van der Waals surface area contributed by atoms with Crippen molar-refractivity contribution in [1.82, 2.24) is 4.90 Å². The lowest BCUT2D eigenvalue weighted by atomic mass is 9.76. The number of pyridine rings is 1. The van der Waals surface area contributed by atoms with Crippen LogP contribution < -0.4 is 10.3 Å². The van der Waals surface area contributed by atoms with Crippen LogP contribution in [0.5, 0.6) is 0 Å². The van der Waals surface area contributed by atoms with Gasteiger partial charge in [0.05, 0.1) is 24.1 Å². The number of carboxylic acid groups (broad SMARTS) is 1. The van der Waals surface area contributed by atoms with Gasteiger partial charge in [-0.25, -0.2) is 4.79 Å². The van der Waals surface area contributed by atoms with E-state index in [-0.39, 0.29) is 18.7 Å². The SMILES string of the molecule is C[C@@H](O)[C@H]1C(=O)N2C(C(=O)O)=C(CSc3cc[n+](CC(N)=O)cc3)[C@H](CC#N)[C@H]12. The Balaban J connectivity index is 1.84. The number of amides is 2. The minimum Gasteiger partial charge on any atom is -0.477 e. The fourth-order valence-corrected chi connectivity index (χ4v) is 4.98. The highest BCUT2D eigenvalue weighted by Crippen LogP contribution is 2.49. The summed E-state index contributed by atoms with van der Waals surface area (Å²) >= 11 is 1.38. The Labute approximate surface area is 171 Å². The van der Waals surface area contributed by atoms with Crippen molar-refractivity contribution in [3.63, 3.8) is 0 Å². The molecule has 0 aliphatic carbocycles. The molecule has 10 heteroatoms. The summed E-state index contributed by atoms with van der Waals surface area (Å²) in [5.41, 5.74) is 5.61. The molecule has 1 aromatic heterocycles. The number of hydrogen-bond acceptors (Lipinski definition) is 6. The van der Waals surface area contributed by atoms with Gasteiger partial charge in [0.25, 0.3) is 5.91 Å². The first-order valence-corrected chi connectivity index (χ1v) is 9.99. The number of β-lactam (4-membered cyclic amide) rings is 1. The zero-order valence-electron chi connectivity index (χ0n) is 15.7. The van der Waals surface area contributed by atoms with Crippen LogP contribution in [-0.4, -0.2) is 50.8 Å². The Morgan fingerprint density at radius 2 is 2.07 bits per heavy atom. The normalized spacial score (nSPS) is 24.0. The highest BCUT2D eigenvalue weighted by atomic mass is 32.2. The smallest absolute Gasteiger partial charge is 0.352 e. The Kier molecular flexibility index (Phi) is 5.91. The van der Waals surface area contributed by atoms with Gasteiger partial charge in [0.1, 0.15) is 5.70 Å². The van der Waals surface area contributed by atoms with E-state index < -0.39 is 41.8 Å². The number of primary amides is 1. The maximum absolute atomic E-state index is 12.4. The van der Waals surface area contributed by atoms with E-state index in [1.165, 1.54) is 23.6 Å². The van der Waals surface area contributed by atoms with Gasteiger partial charge in [0, 0.05) is 35.1 Å². The van der Waals surface area contributed by atoms with E-state index in [4.69, 9.17) is 5.73 Å².